The Bertz CT molecular complexity index is 1160. The number of H-pyrrole nitrogens is 1. The number of aliphatic hydroxyl groups is 1. The molecule has 9 nitrogen and oxygen atoms in total. The summed E-state index contributed by atoms with van der Waals surface area (Å²) in [5, 5.41) is 27.2. The van der Waals surface area contributed by atoms with Crippen LogP contribution in [-0.2, 0) is 6.54 Å². The Morgan fingerprint density at radius 2 is 1.76 bits per heavy atom. The summed E-state index contributed by atoms with van der Waals surface area (Å²) < 4.78 is 6.17. The van der Waals surface area contributed by atoms with Crippen molar-refractivity contribution < 1.29 is 14.9 Å². The molecule has 1 aliphatic heterocycles. The van der Waals surface area contributed by atoms with Crippen LogP contribution in [-0.4, -0.2) is 85.9 Å². The number of benzene rings is 2. The van der Waals surface area contributed by atoms with Gasteiger partial charge in [0.25, 0.3) is 5.75 Å². The van der Waals surface area contributed by atoms with Crippen LogP contribution in [0.4, 0.5) is 0 Å². The molecule has 182 valence electrons. The summed E-state index contributed by atoms with van der Waals surface area (Å²) in [7, 11) is 2.15. The van der Waals surface area contributed by atoms with Gasteiger partial charge in [-0.15, -0.1) is 0 Å². The minimum Gasteiger partial charge on any atom is -0.582 e. The lowest BCUT2D eigenvalue weighted by Gasteiger charge is -2.31. The maximum absolute atomic E-state index is 12.5. The smallest absolute Gasteiger partial charge is 0.343 e. The van der Waals surface area contributed by atoms with Crippen molar-refractivity contribution in [3.63, 3.8) is 0 Å². The van der Waals surface area contributed by atoms with Gasteiger partial charge >= 0.3 is 5.69 Å². The first kappa shape index (κ1) is 23.8. The molecule has 4 N–H and O–H groups in total. The largest absolute Gasteiger partial charge is 0.582 e. The van der Waals surface area contributed by atoms with Gasteiger partial charge in [-0.3, -0.25) is 9.47 Å². The van der Waals surface area contributed by atoms with Crippen LogP contribution >= 0.6 is 0 Å². The lowest BCUT2D eigenvalue weighted by molar-refractivity contribution is 0.0356. The van der Waals surface area contributed by atoms with Crippen LogP contribution in [0.5, 0.6) is 17.2 Å². The molecule has 0 amide bonds. The third kappa shape index (κ3) is 5.43. The van der Waals surface area contributed by atoms with Crippen LogP contribution in [0, 0.1) is 0 Å². The Balaban J connectivity index is 1.44. The van der Waals surface area contributed by atoms with E-state index in [-0.39, 0.29) is 23.1 Å². The standard InChI is InChI=1S/C25H33N5O4/c1-17(2)20-14-21(23(32)15-22(20)31)24-26-27-25(33)30(24)16-18-4-6-19(7-5-18)34-13-12-29-10-8-28(3)9-11-29/h4-7,14-15,17,31-32H,8-13,16H2,1-3H3,(H,27,33)/p+1. The molecule has 1 aliphatic rings. The fraction of sp³-hybridized carbons (Fsp3) is 0.440. The second-order valence-electron chi connectivity index (χ2n) is 9.21. The molecule has 1 aromatic heterocycles. The molecule has 0 bridgehead atoms. The van der Waals surface area contributed by atoms with Gasteiger partial charge in [-0.05, 0) is 42.3 Å². The highest BCUT2D eigenvalue weighted by molar-refractivity contribution is 5.67. The average Bonchev–Trinajstić information content (AvgIpc) is 3.16. The molecule has 9 heteroatoms. The molecule has 0 unspecified atom stereocenters. The van der Waals surface area contributed by atoms with Gasteiger partial charge in [-0.25, -0.2) is 9.89 Å². The van der Waals surface area contributed by atoms with Crippen LogP contribution in [0.3, 0.4) is 0 Å². The van der Waals surface area contributed by atoms with Crippen LogP contribution in [0.1, 0.15) is 30.9 Å². The van der Waals surface area contributed by atoms with Gasteiger partial charge in [0.2, 0.25) is 0 Å². The molecular formula is C25H34N5O4+. The van der Waals surface area contributed by atoms with E-state index in [1.807, 2.05) is 38.1 Å². The van der Waals surface area contributed by atoms with E-state index >= 15 is 0 Å². The van der Waals surface area contributed by atoms with Gasteiger partial charge in [0, 0.05) is 44.4 Å². The first-order valence-electron chi connectivity index (χ1n) is 11.7. The van der Waals surface area contributed by atoms with Crippen molar-refractivity contribution in [2.24, 2.45) is 0 Å². The van der Waals surface area contributed by atoms with Crippen molar-refractivity contribution in [2.45, 2.75) is 26.3 Å². The molecular weight excluding hydrogens is 434 g/mol. The molecule has 0 saturated carbocycles. The van der Waals surface area contributed by atoms with Crippen LogP contribution in [0.15, 0.2) is 41.2 Å². The molecule has 1 fully saturated rings. The minimum atomic E-state index is -0.366. The molecule has 0 atom stereocenters. The van der Waals surface area contributed by atoms with Gasteiger partial charge in [-0.1, -0.05) is 13.8 Å². The Kier molecular flexibility index (Phi) is 7.23. The van der Waals surface area contributed by atoms with Crippen molar-refractivity contribution in [3.8, 4) is 28.6 Å². The molecule has 1 saturated heterocycles. The molecule has 2 aromatic carbocycles. The molecule has 4 rings (SSSR count). The zero-order valence-corrected chi connectivity index (χ0v) is 20.0. The second-order valence-corrected chi connectivity index (χ2v) is 9.21. The number of nitrogens with one attached hydrogen (secondary N) is 1. The second kappa shape index (κ2) is 10.3. The van der Waals surface area contributed by atoms with Crippen LogP contribution < -0.4 is 5.69 Å². The first-order chi connectivity index (χ1) is 16.3. The van der Waals surface area contributed by atoms with Crippen molar-refractivity contribution in [1.82, 2.24) is 24.6 Å². The van der Waals surface area contributed by atoms with Gasteiger partial charge in [0.05, 0.1) is 18.7 Å². The number of piperazine rings is 1. The summed E-state index contributed by atoms with van der Waals surface area (Å²) in [5.41, 5.74) is 1.63. The van der Waals surface area contributed by atoms with E-state index in [4.69, 9.17) is 0 Å². The highest BCUT2D eigenvalue weighted by atomic mass is 16.5. The molecule has 0 aliphatic carbocycles. The maximum atomic E-state index is 12.5. The molecule has 0 radical (unpaired) electrons. The number of ether oxygens (including phenoxy) is 1. The predicted molar refractivity (Wildman–Crippen MR) is 132 cm³/mol. The SMILES string of the molecule is CC(C)c1cc(-c2n[nH]c(=O)n2Cc2ccc([OH+]CCN3CCN(C)CC3)cc2)c(O)cc1O. The molecule has 3 aromatic rings. The van der Waals surface area contributed by atoms with E-state index in [0.717, 1.165) is 50.6 Å². The number of hydrogen-bond donors (Lipinski definition) is 3. The maximum Gasteiger partial charge on any atom is 0.343 e. The normalized spacial score (nSPS) is 15.2. The number of likely N-dealkylation sites (N-methyl/N-ethyl adjacent to an activating group) is 1. The number of aromatic nitrogens is 3. The number of hydrogen-bond acceptors (Lipinski definition) is 6. The van der Waals surface area contributed by atoms with Gasteiger partial charge < -0.3 is 19.8 Å². The number of aromatic amines is 1. The number of phenols is 2. The lowest BCUT2D eigenvalue weighted by Crippen LogP contribution is -2.45. The Morgan fingerprint density at radius 3 is 2.44 bits per heavy atom. The van der Waals surface area contributed by atoms with E-state index in [0.29, 0.717) is 23.5 Å². The van der Waals surface area contributed by atoms with E-state index in [1.54, 1.807) is 6.07 Å². The van der Waals surface area contributed by atoms with E-state index in [2.05, 4.69) is 31.8 Å². The zero-order valence-electron chi connectivity index (χ0n) is 20.0. The highest BCUT2D eigenvalue weighted by Crippen LogP contribution is 2.36. The fourth-order valence-electron chi connectivity index (χ4n) is 4.19. The summed E-state index contributed by atoms with van der Waals surface area (Å²) in [6, 6.07) is 10.8. The summed E-state index contributed by atoms with van der Waals surface area (Å²) in [4.78, 5) is 17.3. The number of phenolic OH excluding ortho intramolecular Hbond substituents is 2. The predicted octanol–water partition coefficient (Wildman–Crippen LogP) is 2.31. The number of nitrogens with zero attached hydrogens (tertiary/aromatic N) is 4. The third-order valence-electron chi connectivity index (χ3n) is 6.35. The number of aromatic hydroxyl groups is 3. The summed E-state index contributed by atoms with van der Waals surface area (Å²) in [5.74, 6) is 1.18. The topological polar surface area (TPSA) is 110 Å². The summed E-state index contributed by atoms with van der Waals surface area (Å²) >= 11 is 0. The zero-order chi connectivity index (χ0) is 24.2. The van der Waals surface area contributed by atoms with Gasteiger partial charge in [-0.2, -0.15) is 5.10 Å². The quantitative estimate of drug-likeness (QED) is 0.438. The minimum absolute atomic E-state index is 0.0210. The van der Waals surface area contributed by atoms with Gasteiger partial charge in [0.1, 0.15) is 11.5 Å². The highest BCUT2D eigenvalue weighted by Gasteiger charge is 2.19. The van der Waals surface area contributed by atoms with Crippen molar-refractivity contribution >= 4 is 0 Å². The summed E-state index contributed by atoms with van der Waals surface area (Å²) in [6.07, 6.45) is 0. The number of rotatable bonds is 8. The Labute approximate surface area is 199 Å². The van der Waals surface area contributed by atoms with Crippen molar-refractivity contribution in [1.29, 1.82) is 0 Å². The lowest BCUT2D eigenvalue weighted by atomic mass is 9.98. The van der Waals surface area contributed by atoms with E-state index in [9.17, 15) is 15.0 Å². The third-order valence-corrected chi connectivity index (χ3v) is 6.35. The average molecular weight is 469 g/mol. The molecule has 0 spiro atoms. The fourth-order valence-corrected chi connectivity index (χ4v) is 4.19. The Hall–Kier alpha value is -3.30. The van der Waals surface area contributed by atoms with E-state index in [1.165, 1.54) is 10.6 Å². The molecule has 34 heavy (non-hydrogen) atoms. The monoisotopic (exact) mass is 468 g/mol. The first-order valence-corrected chi connectivity index (χ1v) is 11.7. The van der Waals surface area contributed by atoms with Crippen LogP contribution in [0.25, 0.3) is 11.4 Å². The van der Waals surface area contributed by atoms with Crippen molar-refractivity contribution in [2.75, 3.05) is 46.4 Å². The molecule has 2 heterocycles. The van der Waals surface area contributed by atoms with Crippen molar-refractivity contribution in [3.05, 3.63) is 58.0 Å². The Morgan fingerprint density at radius 1 is 1.06 bits per heavy atom. The van der Waals surface area contributed by atoms with Gasteiger partial charge in [0.15, 0.2) is 12.4 Å². The summed E-state index contributed by atoms with van der Waals surface area (Å²) in [6.45, 7) is 10.3. The van der Waals surface area contributed by atoms with Crippen LogP contribution in [0.2, 0.25) is 0 Å². The van der Waals surface area contributed by atoms with E-state index < -0.39 is 0 Å².